The molecule has 0 aliphatic heterocycles. The second-order valence-electron chi connectivity index (χ2n) is 4.19. The SMILES string of the molecule is COC(=O)C(=O)c1ccc(F)c(F)c1C[Se]c1cccnc1. The molecule has 1 aromatic carbocycles. The van der Waals surface area contributed by atoms with Crippen LogP contribution < -0.4 is 4.46 Å². The van der Waals surface area contributed by atoms with Gasteiger partial charge in [0.2, 0.25) is 0 Å². The molecular weight excluding hydrogens is 359 g/mol. The predicted octanol–water partition coefficient (Wildman–Crippen LogP) is 1.25. The number of nitrogens with zero attached hydrogens (tertiary/aromatic N) is 1. The quantitative estimate of drug-likeness (QED) is 0.344. The van der Waals surface area contributed by atoms with Gasteiger partial charge in [0.25, 0.3) is 0 Å². The van der Waals surface area contributed by atoms with Crippen LogP contribution >= 0.6 is 0 Å². The number of aromatic nitrogens is 1. The first-order valence-corrected chi connectivity index (χ1v) is 8.23. The van der Waals surface area contributed by atoms with E-state index in [1.54, 1.807) is 18.5 Å². The Morgan fingerprint density at radius 2 is 2.05 bits per heavy atom. The third kappa shape index (κ3) is 3.55. The van der Waals surface area contributed by atoms with Gasteiger partial charge in [-0.3, -0.25) is 0 Å². The van der Waals surface area contributed by atoms with Crippen LogP contribution in [0, 0.1) is 11.6 Å². The summed E-state index contributed by atoms with van der Waals surface area (Å²) < 4.78 is 32.6. The Kier molecular flexibility index (Phi) is 5.35. The number of hydrogen-bond donors (Lipinski definition) is 0. The molecule has 22 heavy (non-hydrogen) atoms. The van der Waals surface area contributed by atoms with E-state index in [9.17, 15) is 18.4 Å². The summed E-state index contributed by atoms with van der Waals surface area (Å²) in [4.78, 5) is 27.2. The van der Waals surface area contributed by atoms with Gasteiger partial charge in [-0.25, -0.2) is 0 Å². The zero-order valence-electron chi connectivity index (χ0n) is 11.5. The van der Waals surface area contributed by atoms with Crippen molar-refractivity contribution in [2.24, 2.45) is 0 Å². The van der Waals surface area contributed by atoms with Gasteiger partial charge in [0, 0.05) is 0 Å². The number of carbonyl (C=O) groups excluding carboxylic acids is 2. The van der Waals surface area contributed by atoms with Crippen molar-refractivity contribution in [2.75, 3.05) is 7.11 Å². The van der Waals surface area contributed by atoms with E-state index in [0.717, 1.165) is 23.7 Å². The first-order valence-electron chi connectivity index (χ1n) is 6.17. The number of methoxy groups -OCH3 is 1. The molecule has 0 radical (unpaired) electrons. The molecule has 0 unspecified atom stereocenters. The van der Waals surface area contributed by atoms with E-state index in [0.29, 0.717) is 0 Å². The van der Waals surface area contributed by atoms with Crippen molar-refractivity contribution in [3.8, 4) is 0 Å². The Bertz CT molecular complexity index is 707. The number of halogens is 2. The number of esters is 1. The molecule has 0 bridgehead atoms. The molecule has 2 rings (SSSR count). The molecule has 0 spiro atoms. The van der Waals surface area contributed by atoms with Crippen LogP contribution in [0.3, 0.4) is 0 Å². The van der Waals surface area contributed by atoms with Crippen LogP contribution in [0.2, 0.25) is 0 Å². The summed E-state index contributed by atoms with van der Waals surface area (Å²) in [7, 11) is 1.05. The Hall–Kier alpha value is -2.11. The average Bonchev–Trinajstić information content (AvgIpc) is 2.55. The Morgan fingerprint density at radius 1 is 1.27 bits per heavy atom. The fourth-order valence-corrected chi connectivity index (χ4v) is 3.63. The molecule has 0 saturated carbocycles. The first kappa shape index (κ1) is 16.3. The third-order valence-corrected chi connectivity index (χ3v) is 4.94. The second kappa shape index (κ2) is 7.24. The normalized spacial score (nSPS) is 10.3. The summed E-state index contributed by atoms with van der Waals surface area (Å²) in [6.07, 6.45) is 3.23. The van der Waals surface area contributed by atoms with Crippen molar-refractivity contribution in [3.05, 3.63) is 59.4 Å². The van der Waals surface area contributed by atoms with Gasteiger partial charge in [0.1, 0.15) is 0 Å². The van der Waals surface area contributed by atoms with Gasteiger partial charge < -0.3 is 0 Å². The van der Waals surface area contributed by atoms with Gasteiger partial charge in [-0.2, -0.15) is 0 Å². The average molecular weight is 370 g/mol. The standard InChI is InChI=1S/C15H11F2NO3Se/c1-21-15(20)14(19)10-4-5-12(16)13(17)11(10)8-22-9-3-2-6-18-7-9/h2-7H,8H2,1H3. The van der Waals surface area contributed by atoms with Gasteiger partial charge in [0.15, 0.2) is 0 Å². The molecule has 0 atom stereocenters. The van der Waals surface area contributed by atoms with E-state index in [1.807, 2.05) is 6.07 Å². The number of benzene rings is 1. The summed E-state index contributed by atoms with van der Waals surface area (Å²) in [5, 5.41) is 0.125. The van der Waals surface area contributed by atoms with Crippen LogP contribution in [0.1, 0.15) is 15.9 Å². The molecule has 4 nitrogen and oxygen atoms in total. The van der Waals surface area contributed by atoms with Crippen molar-refractivity contribution in [1.82, 2.24) is 4.98 Å². The summed E-state index contributed by atoms with van der Waals surface area (Å²) >= 11 is -0.256. The third-order valence-electron chi connectivity index (χ3n) is 2.83. The molecule has 0 saturated heterocycles. The van der Waals surface area contributed by atoms with Crippen molar-refractivity contribution in [2.45, 2.75) is 5.32 Å². The monoisotopic (exact) mass is 371 g/mol. The zero-order valence-corrected chi connectivity index (χ0v) is 13.2. The van der Waals surface area contributed by atoms with E-state index in [2.05, 4.69) is 9.72 Å². The van der Waals surface area contributed by atoms with Crippen molar-refractivity contribution >= 4 is 31.2 Å². The van der Waals surface area contributed by atoms with Gasteiger partial charge in [-0.15, -0.1) is 0 Å². The molecule has 0 aliphatic rings. The van der Waals surface area contributed by atoms with Crippen molar-refractivity contribution < 1.29 is 23.1 Å². The van der Waals surface area contributed by atoms with Gasteiger partial charge in [-0.05, 0) is 0 Å². The topological polar surface area (TPSA) is 56.3 Å². The number of rotatable bonds is 5. The van der Waals surface area contributed by atoms with E-state index in [-0.39, 0.29) is 31.4 Å². The van der Waals surface area contributed by atoms with Gasteiger partial charge >= 0.3 is 131 Å². The Labute approximate surface area is 131 Å². The molecule has 0 N–H and O–H groups in total. The van der Waals surface area contributed by atoms with Crippen LogP contribution in [0.5, 0.6) is 0 Å². The fraction of sp³-hybridized carbons (Fsp3) is 0.133. The van der Waals surface area contributed by atoms with Gasteiger partial charge in [-0.1, -0.05) is 0 Å². The first-order chi connectivity index (χ1) is 10.5. The molecule has 0 amide bonds. The molecule has 2 aromatic rings. The van der Waals surface area contributed by atoms with E-state index < -0.39 is 23.4 Å². The van der Waals surface area contributed by atoms with E-state index in [1.165, 1.54) is 0 Å². The minimum absolute atomic E-state index is 0.112. The summed E-state index contributed by atoms with van der Waals surface area (Å²) in [6, 6.07) is 5.48. The Morgan fingerprint density at radius 3 is 2.68 bits per heavy atom. The number of carbonyl (C=O) groups is 2. The second-order valence-corrected chi connectivity index (χ2v) is 6.39. The molecule has 1 heterocycles. The molecule has 114 valence electrons. The van der Waals surface area contributed by atoms with E-state index in [4.69, 9.17) is 0 Å². The summed E-state index contributed by atoms with van der Waals surface area (Å²) in [5.74, 6) is -4.27. The fourth-order valence-electron chi connectivity index (χ4n) is 1.74. The predicted molar refractivity (Wildman–Crippen MR) is 76.0 cm³/mol. The number of ether oxygens (including phenoxy) is 1. The van der Waals surface area contributed by atoms with Gasteiger partial charge in [0.05, 0.1) is 0 Å². The van der Waals surface area contributed by atoms with Crippen LogP contribution in [0.15, 0.2) is 36.7 Å². The van der Waals surface area contributed by atoms with Crippen LogP contribution in [0.4, 0.5) is 8.78 Å². The molecule has 1 aromatic heterocycles. The maximum absolute atomic E-state index is 14.0. The zero-order chi connectivity index (χ0) is 16.1. The van der Waals surface area contributed by atoms with Crippen molar-refractivity contribution in [3.63, 3.8) is 0 Å². The van der Waals surface area contributed by atoms with E-state index >= 15 is 0 Å². The van der Waals surface area contributed by atoms with Crippen LogP contribution in [-0.4, -0.2) is 38.8 Å². The summed E-state index contributed by atoms with van der Waals surface area (Å²) in [5.41, 5.74) is -0.282. The van der Waals surface area contributed by atoms with Crippen LogP contribution in [0.25, 0.3) is 0 Å². The van der Waals surface area contributed by atoms with Crippen molar-refractivity contribution in [1.29, 1.82) is 0 Å². The van der Waals surface area contributed by atoms with Crippen LogP contribution in [-0.2, 0) is 14.9 Å². The number of hydrogen-bond acceptors (Lipinski definition) is 4. The Balaban J connectivity index is 2.33. The molecule has 0 fully saturated rings. The minimum atomic E-state index is -1.11. The number of pyridine rings is 1. The molecular formula is C15H11F2NO3Se. The molecule has 7 heteroatoms. The number of ketones is 1. The molecule has 0 aliphatic carbocycles. The maximum atomic E-state index is 14.0. The number of Topliss-reactive ketones (excluding diaryl/α,β-unsaturated/α-hetero) is 1. The summed E-state index contributed by atoms with van der Waals surface area (Å²) in [6.45, 7) is 0.